The Labute approximate surface area is 191 Å². The third-order valence-corrected chi connectivity index (χ3v) is 5.58. The lowest BCUT2D eigenvalue weighted by Crippen LogP contribution is -2.32. The molecule has 3 aromatic carbocycles. The van der Waals surface area contributed by atoms with Gasteiger partial charge in [0.1, 0.15) is 5.75 Å². The monoisotopic (exact) mass is 446 g/mol. The molecule has 1 aromatic heterocycles. The minimum atomic E-state index is -0.206. The number of halogens is 1. The number of pyridine rings is 1. The van der Waals surface area contributed by atoms with Crippen LogP contribution in [0.2, 0.25) is 5.02 Å². The summed E-state index contributed by atoms with van der Waals surface area (Å²) in [6.45, 7) is 2.47. The fraction of sp³-hybridized carbons (Fsp3) is 0.154. The normalized spacial score (nSPS) is 10.8. The van der Waals surface area contributed by atoms with E-state index < -0.39 is 0 Å². The Morgan fingerprint density at radius 1 is 1.00 bits per heavy atom. The average Bonchev–Trinajstić information content (AvgIpc) is 2.80. The smallest absolute Gasteiger partial charge is 0.254 e. The van der Waals surface area contributed by atoms with Crippen molar-refractivity contribution in [2.45, 2.75) is 20.0 Å². The molecule has 0 atom stereocenters. The van der Waals surface area contributed by atoms with Gasteiger partial charge in [-0.15, -0.1) is 0 Å². The first-order chi connectivity index (χ1) is 15.4. The molecule has 32 heavy (non-hydrogen) atoms. The lowest BCUT2D eigenvalue weighted by molar-refractivity contribution is 0.0729. The van der Waals surface area contributed by atoms with Gasteiger partial charge in [0.15, 0.2) is 0 Å². The molecule has 0 fully saturated rings. The minimum absolute atomic E-state index is 0.165. The molecule has 0 aliphatic rings. The molecule has 0 unspecified atom stereocenters. The summed E-state index contributed by atoms with van der Waals surface area (Å²) in [5.41, 5.74) is 3.57. The minimum Gasteiger partial charge on any atom is -0.497 e. The summed E-state index contributed by atoms with van der Waals surface area (Å²) in [4.78, 5) is 30.8. The van der Waals surface area contributed by atoms with Gasteiger partial charge in [0.05, 0.1) is 13.7 Å². The SMILES string of the molecule is COc1cccc(C(=O)N(Cc2ccc(Cl)cc2)Cc2cc3ccc(C)cc3[nH]c2=O)c1. The highest BCUT2D eigenvalue weighted by molar-refractivity contribution is 6.30. The molecule has 4 aromatic rings. The van der Waals surface area contributed by atoms with E-state index in [4.69, 9.17) is 16.3 Å². The summed E-state index contributed by atoms with van der Waals surface area (Å²) in [5.74, 6) is 0.406. The Kier molecular flexibility index (Phi) is 6.28. The van der Waals surface area contributed by atoms with E-state index >= 15 is 0 Å². The molecule has 5 nitrogen and oxygen atoms in total. The Bertz CT molecular complexity index is 1330. The van der Waals surface area contributed by atoms with Crippen molar-refractivity contribution in [1.29, 1.82) is 0 Å². The van der Waals surface area contributed by atoms with Crippen LogP contribution in [0.3, 0.4) is 0 Å². The van der Waals surface area contributed by atoms with Crippen LogP contribution in [0.1, 0.15) is 27.0 Å². The molecular weight excluding hydrogens is 424 g/mol. The highest BCUT2D eigenvalue weighted by Crippen LogP contribution is 2.20. The van der Waals surface area contributed by atoms with Crippen LogP contribution in [-0.4, -0.2) is 22.9 Å². The van der Waals surface area contributed by atoms with Crippen molar-refractivity contribution in [3.05, 3.63) is 110 Å². The predicted octanol–water partition coefficient (Wildman–Crippen LogP) is 5.34. The number of ether oxygens (including phenoxy) is 1. The first-order valence-corrected chi connectivity index (χ1v) is 10.6. The van der Waals surface area contributed by atoms with Crippen molar-refractivity contribution in [3.63, 3.8) is 0 Å². The number of H-pyrrole nitrogens is 1. The molecule has 162 valence electrons. The summed E-state index contributed by atoms with van der Waals surface area (Å²) in [6, 6.07) is 22.1. The van der Waals surface area contributed by atoms with Crippen LogP contribution < -0.4 is 10.3 Å². The fourth-order valence-electron chi connectivity index (χ4n) is 3.63. The van der Waals surface area contributed by atoms with E-state index in [0.29, 0.717) is 28.4 Å². The van der Waals surface area contributed by atoms with Gasteiger partial charge in [0.2, 0.25) is 0 Å². The van der Waals surface area contributed by atoms with Gasteiger partial charge in [-0.2, -0.15) is 0 Å². The Balaban J connectivity index is 1.71. The van der Waals surface area contributed by atoms with Crippen LogP contribution in [0.25, 0.3) is 10.9 Å². The van der Waals surface area contributed by atoms with Crippen LogP contribution in [-0.2, 0) is 13.1 Å². The van der Waals surface area contributed by atoms with E-state index in [1.54, 1.807) is 48.4 Å². The maximum absolute atomic E-state index is 13.4. The van der Waals surface area contributed by atoms with Crippen LogP contribution in [0, 0.1) is 6.92 Å². The van der Waals surface area contributed by atoms with Crippen molar-refractivity contribution >= 4 is 28.4 Å². The van der Waals surface area contributed by atoms with E-state index in [2.05, 4.69) is 4.98 Å². The summed E-state index contributed by atoms with van der Waals surface area (Å²) in [7, 11) is 1.56. The van der Waals surface area contributed by atoms with Crippen molar-refractivity contribution in [3.8, 4) is 5.75 Å². The summed E-state index contributed by atoms with van der Waals surface area (Å²) < 4.78 is 5.27. The largest absolute Gasteiger partial charge is 0.497 e. The van der Waals surface area contributed by atoms with Gasteiger partial charge < -0.3 is 14.6 Å². The molecule has 1 amide bonds. The van der Waals surface area contributed by atoms with Crippen molar-refractivity contribution in [2.75, 3.05) is 7.11 Å². The number of aryl methyl sites for hydroxylation is 1. The molecule has 1 heterocycles. The fourth-order valence-corrected chi connectivity index (χ4v) is 3.76. The van der Waals surface area contributed by atoms with Crippen molar-refractivity contribution in [1.82, 2.24) is 9.88 Å². The quantitative estimate of drug-likeness (QED) is 0.434. The molecule has 0 aliphatic heterocycles. The molecular formula is C26H23ClN2O3. The molecule has 0 spiro atoms. The predicted molar refractivity (Wildman–Crippen MR) is 127 cm³/mol. The number of benzene rings is 3. The van der Waals surface area contributed by atoms with Crippen molar-refractivity contribution in [2.24, 2.45) is 0 Å². The van der Waals surface area contributed by atoms with E-state index in [1.165, 1.54) is 0 Å². The molecule has 0 aliphatic carbocycles. The summed E-state index contributed by atoms with van der Waals surface area (Å²) in [6.07, 6.45) is 0. The van der Waals surface area contributed by atoms with Crippen LogP contribution in [0.5, 0.6) is 5.75 Å². The second kappa shape index (κ2) is 9.28. The molecule has 0 radical (unpaired) electrons. The number of hydrogen-bond acceptors (Lipinski definition) is 3. The van der Waals surface area contributed by atoms with E-state index in [-0.39, 0.29) is 18.0 Å². The van der Waals surface area contributed by atoms with Crippen LogP contribution in [0.4, 0.5) is 0 Å². The zero-order valence-electron chi connectivity index (χ0n) is 17.9. The summed E-state index contributed by atoms with van der Waals surface area (Å²) >= 11 is 6.02. The van der Waals surface area contributed by atoms with Gasteiger partial charge in [0.25, 0.3) is 11.5 Å². The first kappa shape index (κ1) is 21.7. The highest BCUT2D eigenvalue weighted by atomic mass is 35.5. The topological polar surface area (TPSA) is 62.4 Å². The molecule has 0 saturated carbocycles. The average molecular weight is 447 g/mol. The molecule has 0 bridgehead atoms. The molecule has 4 rings (SSSR count). The van der Waals surface area contributed by atoms with Gasteiger partial charge in [0, 0.05) is 28.2 Å². The summed E-state index contributed by atoms with van der Waals surface area (Å²) in [5, 5.41) is 1.55. The van der Waals surface area contributed by atoms with Gasteiger partial charge in [-0.3, -0.25) is 9.59 Å². The Hall–Kier alpha value is -3.57. The van der Waals surface area contributed by atoms with Gasteiger partial charge in [-0.1, -0.05) is 41.9 Å². The standard InChI is InChI=1S/C26H23ClN2O3/c1-17-6-9-19-13-21(25(30)28-24(19)12-17)16-29(15-18-7-10-22(27)11-8-18)26(31)20-4-3-5-23(14-20)32-2/h3-14H,15-16H2,1-2H3,(H,28,30). The van der Waals surface area contributed by atoms with E-state index in [1.807, 2.05) is 43.3 Å². The maximum atomic E-state index is 13.4. The number of fused-ring (bicyclic) bond motifs is 1. The number of aromatic amines is 1. The van der Waals surface area contributed by atoms with Crippen LogP contribution >= 0.6 is 11.6 Å². The van der Waals surface area contributed by atoms with Gasteiger partial charge in [-0.05, 0) is 65.9 Å². The third-order valence-electron chi connectivity index (χ3n) is 5.33. The highest BCUT2D eigenvalue weighted by Gasteiger charge is 2.19. The Morgan fingerprint density at radius 2 is 1.78 bits per heavy atom. The second-order valence-corrected chi connectivity index (χ2v) is 8.17. The number of hydrogen-bond donors (Lipinski definition) is 1. The van der Waals surface area contributed by atoms with Crippen molar-refractivity contribution < 1.29 is 9.53 Å². The lowest BCUT2D eigenvalue weighted by atomic mass is 10.1. The number of carbonyl (C=O) groups is 1. The molecule has 6 heteroatoms. The number of aromatic nitrogens is 1. The van der Waals surface area contributed by atoms with E-state index in [9.17, 15) is 9.59 Å². The zero-order valence-corrected chi connectivity index (χ0v) is 18.6. The van der Waals surface area contributed by atoms with Gasteiger partial charge >= 0.3 is 0 Å². The lowest BCUT2D eigenvalue weighted by Gasteiger charge is -2.23. The number of nitrogens with one attached hydrogen (secondary N) is 1. The number of rotatable bonds is 6. The maximum Gasteiger partial charge on any atom is 0.254 e. The number of amides is 1. The first-order valence-electron chi connectivity index (χ1n) is 10.2. The number of nitrogens with zero attached hydrogens (tertiary/aromatic N) is 1. The number of methoxy groups -OCH3 is 1. The Morgan fingerprint density at radius 3 is 2.53 bits per heavy atom. The third kappa shape index (κ3) is 4.84. The second-order valence-electron chi connectivity index (χ2n) is 7.73. The molecule has 1 N–H and O–H groups in total. The van der Waals surface area contributed by atoms with Crippen LogP contribution in [0.15, 0.2) is 77.6 Å². The zero-order chi connectivity index (χ0) is 22.7. The van der Waals surface area contributed by atoms with Gasteiger partial charge in [-0.25, -0.2) is 0 Å². The number of carbonyl (C=O) groups excluding carboxylic acids is 1. The van der Waals surface area contributed by atoms with E-state index in [0.717, 1.165) is 22.0 Å². The molecule has 0 saturated heterocycles.